The predicted octanol–water partition coefficient (Wildman–Crippen LogP) is -10.4. The molecule has 0 aromatic carbocycles. The van der Waals surface area contributed by atoms with Crippen molar-refractivity contribution in [2.75, 3.05) is 79.1 Å². The molecule has 2 N–H and O–H groups in total. The van der Waals surface area contributed by atoms with Gasteiger partial charge in [0.15, 0.2) is 0 Å². The van der Waals surface area contributed by atoms with Crippen LogP contribution in [0.3, 0.4) is 0 Å². The number of hydrogen-bond donors (Lipinski definition) is 2. The molecule has 5 saturated heterocycles. The molecule has 4 unspecified atom stereocenters. The number of ether oxygens (including phenoxy) is 3. The van der Waals surface area contributed by atoms with Crippen molar-refractivity contribution in [3.8, 4) is 0 Å². The maximum absolute atomic E-state index is 11.0. The predicted molar refractivity (Wildman–Crippen MR) is 139 cm³/mol. The van der Waals surface area contributed by atoms with Crippen molar-refractivity contribution in [1.29, 1.82) is 0 Å². The minimum Gasteiger partial charge on any atom is -0.286 e. The van der Waals surface area contributed by atoms with Gasteiger partial charge in [-0.1, -0.05) is 0 Å². The maximum Gasteiger partial charge on any atom is 1.00 e. The van der Waals surface area contributed by atoms with Crippen LogP contribution >= 0.6 is 50.4 Å². The zero-order valence-corrected chi connectivity index (χ0v) is 34.3. The average molecular weight is 1000 g/mol. The van der Waals surface area contributed by atoms with Crippen LogP contribution in [-0.2, 0) is 66.4 Å². The van der Waals surface area contributed by atoms with Gasteiger partial charge in [0, 0.05) is 41.0 Å². The second-order valence-electron chi connectivity index (χ2n) is 7.58. The van der Waals surface area contributed by atoms with Gasteiger partial charge in [-0.15, -0.1) is 0 Å². The van der Waals surface area contributed by atoms with Gasteiger partial charge in [-0.2, -0.15) is 17.0 Å². The summed E-state index contributed by atoms with van der Waals surface area (Å²) in [4.78, 5) is 0. The van der Waals surface area contributed by atoms with Crippen molar-refractivity contribution >= 4 is 81.2 Å². The minimum absolute atomic E-state index is 0. The summed E-state index contributed by atoms with van der Waals surface area (Å²) >= 11 is -8.88. The smallest absolute Gasteiger partial charge is 0.286 e. The zero-order chi connectivity index (χ0) is 32.3. The molecule has 257 valence electrons. The van der Waals surface area contributed by atoms with E-state index < -0.39 is 63.9 Å². The van der Waals surface area contributed by atoms with Gasteiger partial charge in [0.05, 0.1) is 77.6 Å². The number of hydrogen-bond acceptors (Lipinski definition) is 15. The van der Waals surface area contributed by atoms with Crippen LogP contribution in [0.15, 0.2) is 0 Å². The van der Waals surface area contributed by atoms with E-state index in [0.717, 1.165) is 19.7 Å². The summed E-state index contributed by atoms with van der Waals surface area (Å²) in [6.07, 6.45) is 0. The molecule has 17 nitrogen and oxygen atoms in total. The molecule has 0 radical (unpaired) electrons. The summed E-state index contributed by atoms with van der Waals surface area (Å²) in [6.45, 7) is 6.67. The Balaban J connectivity index is 0. The zero-order valence-electron chi connectivity index (χ0n) is 22.2. The van der Waals surface area contributed by atoms with Gasteiger partial charge in [0.25, 0.3) is 0 Å². The van der Waals surface area contributed by atoms with Crippen molar-refractivity contribution in [3.05, 3.63) is 0 Å². The van der Waals surface area contributed by atoms with Crippen LogP contribution in [0.2, 0.25) is 0 Å². The number of aliphatic hydroxyl groups excluding tert-OH is 1. The Bertz CT molecular complexity index is 879. The van der Waals surface area contributed by atoms with E-state index in [0.29, 0.717) is 46.2 Å². The third-order valence-corrected chi connectivity index (χ3v) is 7.51. The van der Waals surface area contributed by atoms with E-state index in [1.807, 2.05) is 4.31 Å². The maximum atomic E-state index is 11.0. The van der Waals surface area contributed by atoms with Crippen LogP contribution in [0, 0.1) is 0 Å². The molecule has 0 spiro atoms. The van der Waals surface area contributed by atoms with Crippen LogP contribution in [0.4, 0.5) is 0 Å². The summed E-state index contributed by atoms with van der Waals surface area (Å²) in [5.41, 5.74) is 0. The number of rotatable bonds is 1. The molecule has 5 aliphatic heterocycles. The fourth-order valence-corrected chi connectivity index (χ4v) is 5.45. The van der Waals surface area contributed by atoms with Gasteiger partial charge >= 0.3 is 81.9 Å². The van der Waals surface area contributed by atoms with Gasteiger partial charge in [-0.05, 0) is 0 Å². The largest absolute Gasteiger partial charge is 1.00 e. The molecule has 5 aliphatic rings. The topological polar surface area (TPSA) is 245 Å². The number of aliphatic hydroxyl groups is 1. The van der Waals surface area contributed by atoms with E-state index in [9.17, 15) is 12.6 Å². The van der Waals surface area contributed by atoms with Gasteiger partial charge < -0.3 is 24.6 Å². The molecule has 28 heteroatoms. The molecule has 5 rings (SSSR count). The third kappa shape index (κ3) is 27.0. The summed E-state index contributed by atoms with van der Waals surface area (Å²) in [5.74, 6) is 0. The van der Waals surface area contributed by atoms with Gasteiger partial charge in [0.1, 0.15) is 20.1 Å². The third-order valence-electron chi connectivity index (χ3n) is 4.82. The van der Waals surface area contributed by atoms with E-state index in [-0.39, 0.29) is 60.9 Å². The number of nitrogens with zero attached hydrogens (tertiary/aromatic N) is 2. The molecule has 0 amide bonds. The second kappa shape index (κ2) is 27.3. The molecule has 0 bridgehead atoms. The Morgan fingerprint density at radius 3 is 1.86 bits per heavy atom. The Labute approximate surface area is 309 Å². The number of morpholine rings is 3. The number of halogens is 6. The minimum atomic E-state index is -5.94. The van der Waals surface area contributed by atoms with E-state index in [1.165, 1.54) is 4.31 Å². The Hall–Kier alpha value is 3.53. The fourth-order valence-electron chi connectivity index (χ4n) is 3.21. The molecular formula is C15H29Cl5IN3NaO14RuS3. The Morgan fingerprint density at radius 1 is 0.953 bits per heavy atom. The first-order valence-corrected chi connectivity index (χ1v) is 26.5. The SMILES string of the molecule is O=S(Cl)Cl.O=S1(=O)OCC2COCCN21.O=S1OCC2COCCN21.OCC1COCCN1.[Cl][Ru]([Cl])[Cl].[Na+].[O-][I+3]([O-])([O-])[O-]. The van der Waals surface area contributed by atoms with Crippen LogP contribution in [0.1, 0.15) is 0 Å². The summed E-state index contributed by atoms with van der Waals surface area (Å²) in [7, 11) is 18.8. The number of fused-ring (bicyclic) bond motifs is 2. The van der Waals surface area contributed by atoms with Crippen molar-refractivity contribution < 1.29 is 121 Å². The summed E-state index contributed by atoms with van der Waals surface area (Å²) < 4.78 is 105. The molecule has 0 aromatic heterocycles. The standard InChI is InChI=1S/C5H9NO4S.C5H9NO3S.C5H11NO2.Cl2OS.3ClH.IO4.Na.Ru/c7-11(8)6-1-2-9-3-5(6)4-10-11;7-10-6-1-2-8-3-5(6)4-9-10;7-3-5-4-8-2-1-6-5;1-4(2)3;;;;2-1(3,4)5;;/h5H,1-4H2;5H,1-4H2;5-7H,1-4H2;;3*1H;;;/q;;;;;;;-1;+1;+3/p-3. The molecule has 0 aromatic rings. The van der Waals surface area contributed by atoms with E-state index in [1.54, 1.807) is 0 Å². The summed E-state index contributed by atoms with van der Waals surface area (Å²) in [6, 6.07) is 0.312. The van der Waals surface area contributed by atoms with Crippen molar-refractivity contribution in [2.24, 2.45) is 0 Å². The number of nitrogens with one attached hydrogen (secondary N) is 1. The first kappa shape index (κ1) is 48.6. The molecular weight excluding hydrogens is 971 g/mol. The Morgan fingerprint density at radius 2 is 1.44 bits per heavy atom. The van der Waals surface area contributed by atoms with Crippen LogP contribution < -0.4 is 68.7 Å². The van der Waals surface area contributed by atoms with Crippen molar-refractivity contribution in [3.63, 3.8) is 0 Å². The van der Waals surface area contributed by atoms with Gasteiger partial charge in [-0.3, -0.25) is 22.1 Å². The monoisotopic (exact) mass is 998 g/mol. The quantitative estimate of drug-likeness (QED) is 0.141. The fraction of sp³-hybridized carbons (Fsp3) is 1.00. The van der Waals surface area contributed by atoms with Crippen molar-refractivity contribution in [2.45, 2.75) is 18.1 Å². The Kier molecular flexibility index (Phi) is 30.9. The summed E-state index contributed by atoms with van der Waals surface area (Å²) in [5, 5.41) is 11.6. The molecule has 4 atom stereocenters. The second-order valence-corrected chi connectivity index (χ2v) is 22.9. The van der Waals surface area contributed by atoms with E-state index in [4.69, 9.17) is 70.5 Å². The van der Waals surface area contributed by atoms with Gasteiger partial charge in [0.2, 0.25) is 20.5 Å². The van der Waals surface area contributed by atoms with Crippen LogP contribution in [-0.4, -0.2) is 128 Å². The molecule has 43 heavy (non-hydrogen) atoms. The van der Waals surface area contributed by atoms with E-state index in [2.05, 4.69) is 30.9 Å². The van der Waals surface area contributed by atoms with Crippen LogP contribution in [0.25, 0.3) is 0 Å². The normalized spacial score (nSPS) is 28.0. The van der Waals surface area contributed by atoms with Crippen molar-refractivity contribution in [1.82, 2.24) is 13.9 Å². The molecule has 5 heterocycles. The molecule has 5 fully saturated rings. The average Bonchev–Trinajstić information content (AvgIpc) is 3.43. The van der Waals surface area contributed by atoms with E-state index >= 15 is 0 Å². The van der Waals surface area contributed by atoms with Crippen LogP contribution in [0.5, 0.6) is 0 Å². The first-order valence-electron chi connectivity index (χ1n) is 11.1. The van der Waals surface area contributed by atoms with Gasteiger partial charge in [-0.25, -0.2) is 8.42 Å². The molecule has 0 saturated carbocycles. The molecule has 0 aliphatic carbocycles. The first-order chi connectivity index (χ1) is 19.5.